The first kappa shape index (κ1) is 19.2. The van der Waals surface area contributed by atoms with Crippen LogP contribution in [0.1, 0.15) is 0 Å². The molecule has 0 radical (unpaired) electrons. The summed E-state index contributed by atoms with van der Waals surface area (Å²) in [7, 11) is -1.20. The molecule has 2 aromatic carbocycles. The number of halogens is 2. The monoisotopic (exact) mass is 427 g/mol. The van der Waals surface area contributed by atoms with Gasteiger partial charge in [-0.3, -0.25) is 4.98 Å². The van der Waals surface area contributed by atoms with Gasteiger partial charge in [0.05, 0.1) is 28.1 Å². The van der Waals surface area contributed by atoms with E-state index in [1.54, 1.807) is 30.8 Å². The number of aromatic nitrogens is 3. The van der Waals surface area contributed by atoms with Gasteiger partial charge in [-0.15, -0.1) is 0 Å². The zero-order valence-electron chi connectivity index (χ0n) is 15.2. The third kappa shape index (κ3) is 4.18. The van der Waals surface area contributed by atoms with E-state index < -0.39 is 16.8 Å². The van der Waals surface area contributed by atoms with Crippen LogP contribution >= 0.6 is 11.6 Å². The van der Waals surface area contributed by atoms with Gasteiger partial charge in [0, 0.05) is 23.4 Å². The molecule has 4 aromatic rings. The Morgan fingerprint density at radius 2 is 1.93 bits per heavy atom. The number of nitrogens with one attached hydrogen (secondary N) is 2. The fourth-order valence-corrected chi connectivity index (χ4v) is 3.50. The SMILES string of the molecule is CS(=O)Nc1cncc(-c2ccc3ncnc(Nc4cccc(Cl)c4F)c3c2)c1. The van der Waals surface area contributed by atoms with Crippen LogP contribution in [0.4, 0.5) is 21.6 Å². The Hall–Kier alpha value is -3.10. The van der Waals surface area contributed by atoms with Gasteiger partial charge in [0.25, 0.3) is 0 Å². The largest absolute Gasteiger partial charge is 0.337 e. The van der Waals surface area contributed by atoms with E-state index in [9.17, 15) is 8.60 Å². The molecule has 2 aromatic heterocycles. The summed E-state index contributed by atoms with van der Waals surface area (Å²) in [5.74, 6) is -0.0949. The van der Waals surface area contributed by atoms with Crippen molar-refractivity contribution in [2.75, 3.05) is 16.3 Å². The molecule has 1 atom stereocenters. The molecule has 0 aliphatic heterocycles. The summed E-state index contributed by atoms with van der Waals surface area (Å²) in [6, 6.07) is 12.2. The van der Waals surface area contributed by atoms with Crippen LogP contribution in [0.2, 0.25) is 5.02 Å². The van der Waals surface area contributed by atoms with E-state index in [2.05, 4.69) is 25.0 Å². The van der Waals surface area contributed by atoms with Crippen LogP contribution in [0.3, 0.4) is 0 Å². The number of hydrogen-bond donors (Lipinski definition) is 2. The second-order valence-corrected chi connectivity index (χ2v) is 7.72. The molecular formula is C20H15ClFN5OS. The molecule has 29 heavy (non-hydrogen) atoms. The van der Waals surface area contributed by atoms with Crippen LogP contribution in [-0.4, -0.2) is 25.4 Å². The summed E-state index contributed by atoms with van der Waals surface area (Å²) >= 11 is 5.87. The van der Waals surface area contributed by atoms with Crippen molar-refractivity contribution in [2.24, 2.45) is 0 Å². The van der Waals surface area contributed by atoms with Crippen LogP contribution in [0.25, 0.3) is 22.0 Å². The maximum atomic E-state index is 14.3. The van der Waals surface area contributed by atoms with Gasteiger partial charge >= 0.3 is 0 Å². The minimum atomic E-state index is -1.20. The van der Waals surface area contributed by atoms with E-state index in [4.69, 9.17) is 11.6 Å². The Morgan fingerprint density at radius 3 is 2.76 bits per heavy atom. The molecule has 146 valence electrons. The summed E-state index contributed by atoms with van der Waals surface area (Å²) in [5.41, 5.74) is 3.25. The van der Waals surface area contributed by atoms with Crippen LogP contribution in [0, 0.1) is 5.82 Å². The molecular weight excluding hydrogens is 413 g/mol. The van der Waals surface area contributed by atoms with Gasteiger partial charge in [-0.25, -0.2) is 18.6 Å². The van der Waals surface area contributed by atoms with Crippen LogP contribution in [0.5, 0.6) is 0 Å². The Balaban J connectivity index is 1.77. The minimum absolute atomic E-state index is 0.0257. The maximum absolute atomic E-state index is 14.3. The topological polar surface area (TPSA) is 79.8 Å². The normalized spacial score (nSPS) is 12.0. The summed E-state index contributed by atoms with van der Waals surface area (Å²) < 4.78 is 28.5. The smallest absolute Gasteiger partial charge is 0.165 e. The fraction of sp³-hybridized carbons (Fsp3) is 0.0500. The predicted molar refractivity (Wildman–Crippen MR) is 115 cm³/mol. The molecule has 0 amide bonds. The summed E-state index contributed by atoms with van der Waals surface area (Å²) in [4.78, 5) is 12.7. The van der Waals surface area contributed by atoms with Crippen LogP contribution in [-0.2, 0) is 11.0 Å². The van der Waals surface area contributed by atoms with Crippen molar-refractivity contribution in [3.8, 4) is 11.1 Å². The zero-order chi connectivity index (χ0) is 20.4. The van der Waals surface area contributed by atoms with Crippen molar-refractivity contribution in [3.63, 3.8) is 0 Å². The third-order valence-corrected chi connectivity index (χ3v) is 4.99. The number of pyridine rings is 1. The molecule has 2 heterocycles. The predicted octanol–water partition coefficient (Wildman–Crippen LogP) is 4.93. The first-order valence-corrected chi connectivity index (χ1v) is 10.5. The summed E-state index contributed by atoms with van der Waals surface area (Å²) in [6.45, 7) is 0. The molecule has 0 fully saturated rings. The molecule has 0 saturated heterocycles. The second kappa shape index (κ2) is 8.10. The van der Waals surface area contributed by atoms with Crippen molar-refractivity contribution >= 4 is 50.7 Å². The maximum Gasteiger partial charge on any atom is 0.165 e. The second-order valence-electron chi connectivity index (χ2n) is 6.20. The van der Waals surface area contributed by atoms with E-state index in [0.29, 0.717) is 22.4 Å². The Kier molecular flexibility index (Phi) is 5.37. The van der Waals surface area contributed by atoms with Gasteiger partial charge in [0.2, 0.25) is 0 Å². The van der Waals surface area contributed by atoms with Crippen molar-refractivity contribution in [1.82, 2.24) is 15.0 Å². The average molecular weight is 428 g/mol. The van der Waals surface area contributed by atoms with Gasteiger partial charge in [0.15, 0.2) is 5.82 Å². The van der Waals surface area contributed by atoms with E-state index in [-0.39, 0.29) is 10.7 Å². The first-order chi connectivity index (χ1) is 14.0. The lowest BCUT2D eigenvalue weighted by molar-refractivity contribution is 0.632. The van der Waals surface area contributed by atoms with Gasteiger partial charge in [-0.2, -0.15) is 0 Å². The molecule has 4 rings (SSSR count). The van der Waals surface area contributed by atoms with E-state index in [0.717, 1.165) is 11.1 Å². The molecule has 9 heteroatoms. The highest BCUT2D eigenvalue weighted by Gasteiger charge is 2.11. The third-order valence-electron chi connectivity index (χ3n) is 4.17. The van der Waals surface area contributed by atoms with Gasteiger partial charge < -0.3 is 10.0 Å². The highest BCUT2D eigenvalue weighted by atomic mass is 35.5. The van der Waals surface area contributed by atoms with Crippen molar-refractivity contribution in [3.05, 3.63) is 72.0 Å². The molecule has 0 aliphatic rings. The fourth-order valence-electron chi connectivity index (χ4n) is 2.88. The first-order valence-electron chi connectivity index (χ1n) is 8.52. The minimum Gasteiger partial charge on any atom is -0.337 e. The van der Waals surface area contributed by atoms with Crippen molar-refractivity contribution in [2.45, 2.75) is 0 Å². The molecule has 0 saturated carbocycles. The van der Waals surface area contributed by atoms with Gasteiger partial charge in [-0.05, 0) is 35.9 Å². The van der Waals surface area contributed by atoms with Crippen molar-refractivity contribution in [1.29, 1.82) is 0 Å². The number of hydrogen-bond acceptors (Lipinski definition) is 5. The number of nitrogens with zero attached hydrogens (tertiary/aromatic N) is 3. The van der Waals surface area contributed by atoms with E-state index in [1.165, 1.54) is 12.4 Å². The van der Waals surface area contributed by atoms with E-state index >= 15 is 0 Å². The summed E-state index contributed by atoms with van der Waals surface area (Å²) in [5, 5.41) is 3.73. The van der Waals surface area contributed by atoms with Crippen molar-refractivity contribution < 1.29 is 8.60 Å². The lowest BCUT2D eigenvalue weighted by Crippen LogP contribution is -2.01. The van der Waals surface area contributed by atoms with Gasteiger partial charge in [-0.1, -0.05) is 23.7 Å². The quantitative estimate of drug-likeness (QED) is 0.472. The standard InChI is InChI=1S/C20H15ClFN5OS/c1-29(28)27-14-7-13(9-23-10-14)12-5-6-17-15(8-12)20(25-11-24-17)26-18-4-2-3-16(21)19(18)22/h2-11,27H,1H3,(H,24,25,26). The molecule has 6 nitrogen and oxygen atoms in total. The lowest BCUT2D eigenvalue weighted by Gasteiger charge is -2.11. The highest BCUT2D eigenvalue weighted by molar-refractivity contribution is 7.85. The highest BCUT2D eigenvalue weighted by Crippen LogP contribution is 2.31. The number of benzene rings is 2. The molecule has 1 unspecified atom stereocenters. The summed E-state index contributed by atoms with van der Waals surface area (Å²) in [6.07, 6.45) is 6.27. The molecule has 2 N–H and O–H groups in total. The number of fused-ring (bicyclic) bond motifs is 1. The molecule has 0 spiro atoms. The molecule has 0 bridgehead atoms. The van der Waals surface area contributed by atoms with Crippen LogP contribution < -0.4 is 10.0 Å². The van der Waals surface area contributed by atoms with Gasteiger partial charge in [0.1, 0.15) is 23.1 Å². The average Bonchev–Trinajstić information content (AvgIpc) is 2.71. The zero-order valence-corrected chi connectivity index (χ0v) is 16.8. The molecule has 0 aliphatic carbocycles. The Bertz CT molecular complexity index is 1240. The Morgan fingerprint density at radius 1 is 1.07 bits per heavy atom. The lowest BCUT2D eigenvalue weighted by atomic mass is 10.0. The number of rotatable bonds is 5. The van der Waals surface area contributed by atoms with E-state index in [1.807, 2.05) is 24.3 Å². The Labute approximate surface area is 173 Å². The number of anilines is 3. The van der Waals surface area contributed by atoms with Crippen LogP contribution in [0.15, 0.2) is 61.2 Å².